The van der Waals surface area contributed by atoms with Crippen molar-refractivity contribution in [3.8, 4) is 23.0 Å². The lowest BCUT2D eigenvalue weighted by molar-refractivity contribution is -0.137. The predicted octanol–water partition coefficient (Wildman–Crippen LogP) is 3.71. The number of aliphatic hydroxyl groups excluding tert-OH is 1. The zero-order valence-electron chi connectivity index (χ0n) is 14.5. The first-order valence-electron chi connectivity index (χ1n) is 8.60. The largest absolute Gasteiger partial charge is 0.417 e. The average molecular weight is 373 g/mol. The van der Waals surface area contributed by atoms with Gasteiger partial charge in [-0.05, 0) is 36.1 Å². The molecule has 0 aliphatic heterocycles. The minimum absolute atomic E-state index is 0.0693. The molecule has 1 aliphatic rings. The van der Waals surface area contributed by atoms with Crippen molar-refractivity contribution in [3.63, 3.8) is 0 Å². The van der Waals surface area contributed by atoms with Gasteiger partial charge in [-0.2, -0.15) is 13.2 Å². The zero-order valence-corrected chi connectivity index (χ0v) is 14.5. The summed E-state index contributed by atoms with van der Waals surface area (Å²) in [5, 5.41) is 9.05. The maximum atomic E-state index is 13.5. The van der Waals surface area contributed by atoms with Crippen molar-refractivity contribution < 1.29 is 23.1 Å². The molecule has 1 fully saturated rings. The molecule has 0 atom stereocenters. The van der Waals surface area contributed by atoms with Crippen LogP contribution in [0.15, 0.2) is 48.5 Å². The summed E-state index contributed by atoms with van der Waals surface area (Å²) < 4.78 is 40.5. The maximum absolute atomic E-state index is 13.5. The number of amides is 1. The molecular formula is C21H18F3NO2. The molecule has 1 aliphatic carbocycles. The summed E-state index contributed by atoms with van der Waals surface area (Å²) in [5.74, 6) is 4.46. The van der Waals surface area contributed by atoms with Crippen LogP contribution in [0.2, 0.25) is 0 Å². The van der Waals surface area contributed by atoms with Crippen LogP contribution in [0.5, 0.6) is 0 Å². The molecule has 3 rings (SSSR count). The van der Waals surface area contributed by atoms with Crippen LogP contribution in [0.25, 0.3) is 11.1 Å². The Morgan fingerprint density at radius 3 is 2.44 bits per heavy atom. The highest BCUT2D eigenvalue weighted by molar-refractivity contribution is 5.94. The lowest BCUT2D eigenvalue weighted by Crippen LogP contribution is -2.34. The third kappa shape index (κ3) is 4.69. The van der Waals surface area contributed by atoms with E-state index >= 15 is 0 Å². The monoisotopic (exact) mass is 373 g/mol. The first kappa shape index (κ1) is 19.0. The number of rotatable bonds is 4. The molecule has 3 nitrogen and oxygen atoms in total. The number of aliphatic hydroxyl groups is 1. The average Bonchev–Trinajstić information content (AvgIpc) is 3.49. The quantitative estimate of drug-likeness (QED) is 0.830. The normalized spacial score (nSPS) is 13.6. The fourth-order valence-electron chi connectivity index (χ4n) is 2.87. The van der Waals surface area contributed by atoms with Gasteiger partial charge in [0.15, 0.2) is 0 Å². The number of carbonyl (C=O) groups is 1. The number of benzene rings is 2. The molecule has 0 heterocycles. The van der Waals surface area contributed by atoms with E-state index in [1.165, 1.54) is 17.0 Å². The third-order valence-corrected chi connectivity index (χ3v) is 4.31. The molecule has 2 aromatic carbocycles. The van der Waals surface area contributed by atoms with Crippen molar-refractivity contribution in [3.05, 3.63) is 59.7 Å². The van der Waals surface area contributed by atoms with E-state index in [0.29, 0.717) is 5.56 Å². The second kappa shape index (κ2) is 7.85. The lowest BCUT2D eigenvalue weighted by Gasteiger charge is -2.17. The van der Waals surface area contributed by atoms with Gasteiger partial charge in [0.25, 0.3) is 5.91 Å². The molecule has 0 bridgehead atoms. The smallest absolute Gasteiger partial charge is 0.395 e. The van der Waals surface area contributed by atoms with Crippen LogP contribution >= 0.6 is 0 Å². The Morgan fingerprint density at radius 1 is 1.15 bits per heavy atom. The van der Waals surface area contributed by atoms with E-state index in [9.17, 15) is 18.0 Å². The Bertz CT molecular complexity index is 878. The molecule has 0 radical (unpaired) electrons. The van der Waals surface area contributed by atoms with Crippen LogP contribution in [0.1, 0.15) is 24.0 Å². The summed E-state index contributed by atoms with van der Waals surface area (Å²) in [5.41, 5.74) is -0.138. The summed E-state index contributed by atoms with van der Waals surface area (Å²) in [7, 11) is 0. The van der Waals surface area contributed by atoms with Crippen molar-refractivity contribution in [2.75, 3.05) is 13.2 Å². The van der Waals surface area contributed by atoms with E-state index in [2.05, 4.69) is 11.8 Å². The van der Waals surface area contributed by atoms with Gasteiger partial charge in [0.05, 0.1) is 12.2 Å². The fourth-order valence-corrected chi connectivity index (χ4v) is 2.87. The Balaban J connectivity index is 1.91. The standard InChI is InChI=1S/C21H18F3NO2/c22-21(23,24)19-14-15(6-10-18(19)16-4-2-1-3-5-16)7-11-20(27)25(12-13-26)17-8-9-17/h1-6,10,14,17,26H,8-9,12-13H2. The van der Waals surface area contributed by atoms with Gasteiger partial charge >= 0.3 is 6.18 Å². The van der Waals surface area contributed by atoms with Crippen LogP contribution in [0.4, 0.5) is 13.2 Å². The van der Waals surface area contributed by atoms with Gasteiger partial charge < -0.3 is 10.0 Å². The van der Waals surface area contributed by atoms with Crippen molar-refractivity contribution in [1.29, 1.82) is 0 Å². The van der Waals surface area contributed by atoms with Crippen molar-refractivity contribution in [2.24, 2.45) is 0 Å². The number of nitrogens with zero attached hydrogens (tertiary/aromatic N) is 1. The highest BCUT2D eigenvalue weighted by atomic mass is 19.4. The van der Waals surface area contributed by atoms with E-state index in [1.807, 2.05) is 0 Å². The summed E-state index contributed by atoms with van der Waals surface area (Å²) in [6, 6.07) is 12.2. The Kier molecular flexibility index (Phi) is 5.52. The van der Waals surface area contributed by atoms with Gasteiger partial charge in [-0.1, -0.05) is 42.3 Å². The van der Waals surface area contributed by atoms with Gasteiger partial charge in [-0.3, -0.25) is 4.79 Å². The molecular weight excluding hydrogens is 355 g/mol. The van der Waals surface area contributed by atoms with Gasteiger partial charge in [0, 0.05) is 24.1 Å². The van der Waals surface area contributed by atoms with Crippen LogP contribution in [0, 0.1) is 11.8 Å². The summed E-state index contributed by atoms with van der Waals surface area (Å²) in [6.07, 6.45) is -2.82. The third-order valence-electron chi connectivity index (χ3n) is 4.31. The second-order valence-corrected chi connectivity index (χ2v) is 6.33. The lowest BCUT2D eigenvalue weighted by atomic mass is 9.97. The first-order chi connectivity index (χ1) is 12.9. The van der Waals surface area contributed by atoms with Crippen LogP contribution in [-0.4, -0.2) is 35.1 Å². The predicted molar refractivity (Wildman–Crippen MR) is 95.6 cm³/mol. The molecule has 6 heteroatoms. The van der Waals surface area contributed by atoms with Crippen molar-refractivity contribution in [2.45, 2.75) is 25.1 Å². The van der Waals surface area contributed by atoms with E-state index < -0.39 is 17.6 Å². The molecule has 0 aromatic heterocycles. The summed E-state index contributed by atoms with van der Waals surface area (Å²) in [4.78, 5) is 13.6. The molecule has 1 saturated carbocycles. The highest BCUT2D eigenvalue weighted by Gasteiger charge is 2.34. The summed E-state index contributed by atoms with van der Waals surface area (Å²) >= 11 is 0. The van der Waals surface area contributed by atoms with E-state index in [1.54, 1.807) is 30.3 Å². The Labute approximate surface area is 155 Å². The van der Waals surface area contributed by atoms with Crippen molar-refractivity contribution >= 4 is 5.91 Å². The molecule has 0 saturated heterocycles. The first-order valence-corrected chi connectivity index (χ1v) is 8.60. The van der Waals surface area contributed by atoms with Gasteiger partial charge in [-0.15, -0.1) is 0 Å². The number of hydrogen-bond acceptors (Lipinski definition) is 2. The molecule has 2 aromatic rings. The fraction of sp³-hybridized carbons (Fsp3) is 0.286. The minimum atomic E-state index is -4.54. The Morgan fingerprint density at radius 2 is 1.85 bits per heavy atom. The second-order valence-electron chi connectivity index (χ2n) is 6.33. The van der Waals surface area contributed by atoms with Crippen LogP contribution in [0.3, 0.4) is 0 Å². The molecule has 1 amide bonds. The summed E-state index contributed by atoms with van der Waals surface area (Å²) in [6.45, 7) is 0.00679. The van der Waals surface area contributed by atoms with E-state index in [4.69, 9.17) is 5.11 Å². The topological polar surface area (TPSA) is 40.5 Å². The number of alkyl halides is 3. The Hall–Kier alpha value is -2.78. The SMILES string of the molecule is O=C(C#Cc1ccc(-c2ccccc2)c(C(F)(F)F)c1)N(CCO)C1CC1. The maximum Gasteiger partial charge on any atom is 0.417 e. The molecule has 0 spiro atoms. The highest BCUT2D eigenvalue weighted by Crippen LogP contribution is 2.37. The van der Waals surface area contributed by atoms with Crippen LogP contribution < -0.4 is 0 Å². The molecule has 1 N–H and O–H groups in total. The number of hydrogen-bond donors (Lipinski definition) is 1. The van der Waals surface area contributed by atoms with E-state index in [0.717, 1.165) is 18.9 Å². The van der Waals surface area contributed by atoms with Gasteiger partial charge in [0.2, 0.25) is 0 Å². The number of halogens is 3. The molecule has 140 valence electrons. The van der Waals surface area contributed by atoms with Gasteiger partial charge in [0.1, 0.15) is 0 Å². The number of carbonyl (C=O) groups excluding carboxylic acids is 1. The minimum Gasteiger partial charge on any atom is -0.395 e. The van der Waals surface area contributed by atoms with Crippen LogP contribution in [-0.2, 0) is 11.0 Å². The zero-order chi connectivity index (χ0) is 19.4. The van der Waals surface area contributed by atoms with Gasteiger partial charge in [-0.25, -0.2) is 0 Å². The van der Waals surface area contributed by atoms with Crippen molar-refractivity contribution in [1.82, 2.24) is 4.90 Å². The molecule has 0 unspecified atom stereocenters. The van der Waals surface area contributed by atoms with E-state index in [-0.39, 0.29) is 30.3 Å². The molecule has 27 heavy (non-hydrogen) atoms.